The number of anilines is 2. The van der Waals surface area contributed by atoms with Crippen LogP contribution in [0.1, 0.15) is 12.1 Å². The molecule has 2 amide bonds. The summed E-state index contributed by atoms with van der Waals surface area (Å²) in [6, 6.07) is 8.34. The summed E-state index contributed by atoms with van der Waals surface area (Å²) < 4.78 is 29.0. The van der Waals surface area contributed by atoms with Crippen LogP contribution < -0.4 is 15.5 Å². The van der Waals surface area contributed by atoms with Gasteiger partial charge in [-0.05, 0) is 30.7 Å². The van der Waals surface area contributed by atoms with Crippen LogP contribution in [0, 0.1) is 0 Å². The Morgan fingerprint density at radius 1 is 1.19 bits per heavy atom. The van der Waals surface area contributed by atoms with Crippen LogP contribution in [-0.2, 0) is 20.3 Å². The molecule has 168 valence electrons. The molecule has 11 heteroatoms. The number of benzene rings is 1. The van der Waals surface area contributed by atoms with Gasteiger partial charge in [-0.15, -0.1) is 0 Å². The van der Waals surface area contributed by atoms with Crippen LogP contribution in [0.15, 0.2) is 30.3 Å². The minimum absolute atomic E-state index is 0.0137. The lowest BCUT2D eigenvalue weighted by molar-refractivity contribution is 0.122. The molecular weight excluding hydrogens is 422 g/mol. The second-order valence-corrected chi connectivity index (χ2v) is 9.39. The molecule has 0 unspecified atom stereocenters. The molecule has 0 spiro atoms. The van der Waals surface area contributed by atoms with Crippen molar-refractivity contribution in [3.8, 4) is 11.4 Å². The van der Waals surface area contributed by atoms with Crippen molar-refractivity contribution in [1.82, 2.24) is 15.3 Å². The second kappa shape index (κ2) is 10.5. The number of sulfone groups is 1. The highest BCUT2D eigenvalue weighted by molar-refractivity contribution is 7.89. The third-order valence-electron chi connectivity index (χ3n) is 4.53. The molecule has 0 aliphatic carbocycles. The Kier molecular flexibility index (Phi) is 7.77. The van der Waals surface area contributed by atoms with Crippen molar-refractivity contribution >= 4 is 27.4 Å². The standard InChI is InChI=1S/C20H27N5O5S/c1-31(28,29)14-17-13-18(25-8-11-30-12-9-25)24-19(22-17)15-3-5-16(6-4-15)23-20(27)21-7-2-10-26/h3-6,13,26H,2,7-12,14H2,1H3,(H2,21,23,27). The first-order valence-corrected chi connectivity index (χ1v) is 12.0. The number of rotatable bonds is 8. The predicted molar refractivity (Wildman–Crippen MR) is 118 cm³/mol. The van der Waals surface area contributed by atoms with Crippen LogP contribution in [0.25, 0.3) is 11.4 Å². The van der Waals surface area contributed by atoms with Gasteiger partial charge in [0.05, 0.1) is 24.7 Å². The van der Waals surface area contributed by atoms with E-state index in [1.807, 2.05) is 4.90 Å². The minimum atomic E-state index is -3.26. The molecule has 1 fully saturated rings. The van der Waals surface area contributed by atoms with Crippen LogP contribution in [0.4, 0.5) is 16.3 Å². The Morgan fingerprint density at radius 3 is 2.55 bits per heavy atom. The topological polar surface area (TPSA) is 134 Å². The number of aromatic nitrogens is 2. The molecule has 0 atom stereocenters. The molecule has 1 aliphatic heterocycles. The van der Waals surface area contributed by atoms with Crippen molar-refractivity contribution in [3.05, 3.63) is 36.0 Å². The summed E-state index contributed by atoms with van der Waals surface area (Å²) in [5, 5.41) is 14.1. The lowest BCUT2D eigenvalue weighted by Gasteiger charge is -2.28. The number of ether oxygens (including phenoxy) is 1. The van der Waals surface area contributed by atoms with Gasteiger partial charge >= 0.3 is 6.03 Å². The van der Waals surface area contributed by atoms with Crippen LogP contribution in [-0.4, -0.2) is 75.2 Å². The summed E-state index contributed by atoms with van der Waals surface area (Å²) in [5.41, 5.74) is 1.72. The third kappa shape index (κ3) is 7.16. The van der Waals surface area contributed by atoms with Gasteiger partial charge < -0.3 is 25.4 Å². The lowest BCUT2D eigenvalue weighted by Crippen LogP contribution is -2.37. The Morgan fingerprint density at radius 2 is 1.90 bits per heavy atom. The summed E-state index contributed by atoms with van der Waals surface area (Å²) in [7, 11) is -3.26. The van der Waals surface area contributed by atoms with Gasteiger partial charge in [0, 0.05) is 49.8 Å². The molecule has 10 nitrogen and oxygen atoms in total. The Labute approximate surface area is 181 Å². The smallest absolute Gasteiger partial charge is 0.319 e. The van der Waals surface area contributed by atoms with E-state index in [-0.39, 0.29) is 18.4 Å². The monoisotopic (exact) mass is 449 g/mol. The maximum absolute atomic E-state index is 11.8. The molecule has 1 saturated heterocycles. The first-order valence-electron chi connectivity index (χ1n) is 9.98. The SMILES string of the molecule is CS(=O)(=O)Cc1cc(N2CCOCC2)nc(-c2ccc(NC(=O)NCCCO)cc2)n1. The average Bonchev–Trinajstić information content (AvgIpc) is 2.74. The summed E-state index contributed by atoms with van der Waals surface area (Å²) in [4.78, 5) is 23.0. The number of aliphatic hydroxyl groups excluding tert-OH is 1. The zero-order chi connectivity index (χ0) is 22.3. The van der Waals surface area contributed by atoms with Crippen molar-refractivity contribution in [3.63, 3.8) is 0 Å². The van der Waals surface area contributed by atoms with E-state index in [9.17, 15) is 13.2 Å². The molecule has 0 saturated carbocycles. The second-order valence-electron chi connectivity index (χ2n) is 7.25. The number of hydrogen-bond donors (Lipinski definition) is 3. The minimum Gasteiger partial charge on any atom is -0.396 e. The fraction of sp³-hybridized carbons (Fsp3) is 0.450. The van der Waals surface area contributed by atoms with Crippen LogP contribution >= 0.6 is 0 Å². The third-order valence-corrected chi connectivity index (χ3v) is 5.35. The molecule has 0 radical (unpaired) electrons. The van der Waals surface area contributed by atoms with E-state index in [1.54, 1.807) is 30.3 Å². The van der Waals surface area contributed by atoms with Crippen LogP contribution in [0.5, 0.6) is 0 Å². The van der Waals surface area contributed by atoms with E-state index in [0.717, 1.165) is 0 Å². The van der Waals surface area contributed by atoms with E-state index in [1.165, 1.54) is 6.26 Å². The lowest BCUT2D eigenvalue weighted by atomic mass is 10.2. The predicted octanol–water partition coefficient (Wildman–Crippen LogP) is 1.03. The number of nitrogens with zero attached hydrogens (tertiary/aromatic N) is 3. The molecule has 31 heavy (non-hydrogen) atoms. The zero-order valence-corrected chi connectivity index (χ0v) is 18.2. The maximum Gasteiger partial charge on any atom is 0.319 e. The van der Waals surface area contributed by atoms with E-state index >= 15 is 0 Å². The van der Waals surface area contributed by atoms with Gasteiger partial charge in [0.1, 0.15) is 5.82 Å². The number of carbonyl (C=O) groups excluding carboxylic acids is 1. The number of urea groups is 1. The summed E-state index contributed by atoms with van der Waals surface area (Å²) >= 11 is 0. The van der Waals surface area contributed by atoms with Gasteiger partial charge in [-0.3, -0.25) is 0 Å². The fourth-order valence-electron chi connectivity index (χ4n) is 3.07. The first-order chi connectivity index (χ1) is 14.8. The molecular formula is C20H27N5O5S. The van der Waals surface area contributed by atoms with E-state index < -0.39 is 9.84 Å². The number of nitrogens with one attached hydrogen (secondary N) is 2. The Hall–Kier alpha value is -2.76. The van der Waals surface area contributed by atoms with Gasteiger partial charge in [0.15, 0.2) is 15.7 Å². The average molecular weight is 450 g/mol. The van der Waals surface area contributed by atoms with Crippen molar-refractivity contribution < 1.29 is 23.1 Å². The summed E-state index contributed by atoms with van der Waals surface area (Å²) in [6.45, 7) is 2.90. The largest absolute Gasteiger partial charge is 0.396 e. The van der Waals surface area contributed by atoms with Crippen LogP contribution in [0.2, 0.25) is 0 Å². The van der Waals surface area contributed by atoms with Gasteiger partial charge in [-0.25, -0.2) is 23.2 Å². The van der Waals surface area contributed by atoms with Crippen molar-refractivity contribution in [2.45, 2.75) is 12.2 Å². The van der Waals surface area contributed by atoms with E-state index in [2.05, 4.69) is 20.6 Å². The number of amides is 2. The molecule has 2 aromatic rings. The van der Waals surface area contributed by atoms with Crippen molar-refractivity contribution in [2.75, 3.05) is 55.9 Å². The molecule has 3 N–H and O–H groups in total. The quantitative estimate of drug-likeness (QED) is 0.509. The number of aliphatic hydroxyl groups is 1. The molecule has 1 aromatic carbocycles. The fourth-order valence-corrected chi connectivity index (χ4v) is 3.75. The van der Waals surface area contributed by atoms with E-state index in [4.69, 9.17) is 9.84 Å². The number of morpholine rings is 1. The molecule has 2 heterocycles. The highest BCUT2D eigenvalue weighted by atomic mass is 32.2. The van der Waals surface area contributed by atoms with Crippen molar-refractivity contribution in [1.29, 1.82) is 0 Å². The first kappa shape index (κ1) is 22.9. The van der Waals surface area contributed by atoms with Crippen LogP contribution in [0.3, 0.4) is 0 Å². The normalized spacial score (nSPS) is 14.3. The zero-order valence-electron chi connectivity index (χ0n) is 17.4. The molecule has 0 bridgehead atoms. The summed E-state index contributed by atoms with van der Waals surface area (Å²) in [6.07, 6.45) is 1.66. The van der Waals surface area contributed by atoms with Gasteiger partial charge in [0.25, 0.3) is 0 Å². The highest BCUT2D eigenvalue weighted by Gasteiger charge is 2.17. The molecule has 1 aliphatic rings. The number of carbonyl (C=O) groups is 1. The van der Waals surface area contributed by atoms with Gasteiger partial charge in [-0.2, -0.15) is 0 Å². The number of hydrogen-bond acceptors (Lipinski definition) is 8. The maximum atomic E-state index is 11.8. The Bertz CT molecular complexity index is 992. The summed E-state index contributed by atoms with van der Waals surface area (Å²) in [5.74, 6) is 0.909. The van der Waals surface area contributed by atoms with E-state index in [0.29, 0.717) is 67.9 Å². The molecule has 1 aromatic heterocycles. The molecule has 3 rings (SSSR count). The van der Waals surface area contributed by atoms with Gasteiger partial charge in [-0.1, -0.05) is 0 Å². The Balaban J connectivity index is 1.81. The van der Waals surface area contributed by atoms with Crippen molar-refractivity contribution in [2.24, 2.45) is 0 Å². The highest BCUT2D eigenvalue weighted by Crippen LogP contribution is 2.23. The van der Waals surface area contributed by atoms with Gasteiger partial charge in [0.2, 0.25) is 0 Å².